The minimum Gasteiger partial charge on any atom is -0.493 e. The fraction of sp³-hybridized carbons (Fsp3) is 0.294. The fourth-order valence-electron chi connectivity index (χ4n) is 2.28. The van der Waals surface area contributed by atoms with Crippen LogP contribution in [0.4, 0.5) is 0 Å². The van der Waals surface area contributed by atoms with Crippen LogP contribution in [0, 0.1) is 6.92 Å². The average Bonchev–Trinajstić information content (AvgIpc) is 2.49. The van der Waals surface area contributed by atoms with E-state index in [0.29, 0.717) is 28.5 Å². The number of aliphatic hydroxyl groups excluding tert-OH is 1. The summed E-state index contributed by atoms with van der Waals surface area (Å²) in [5.74, 6) is 1.11. The Labute approximate surface area is 130 Å². The Morgan fingerprint density at radius 3 is 2.33 bits per heavy atom. The predicted molar refractivity (Wildman–Crippen MR) is 84.4 cm³/mol. The van der Waals surface area contributed by atoms with Crippen LogP contribution in [0.1, 0.15) is 22.8 Å². The van der Waals surface area contributed by atoms with Gasteiger partial charge < -0.3 is 14.6 Å². The zero-order valence-electron chi connectivity index (χ0n) is 12.4. The molecule has 0 aliphatic rings. The second kappa shape index (κ2) is 6.83. The highest BCUT2D eigenvalue weighted by Crippen LogP contribution is 2.36. The summed E-state index contributed by atoms with van der Waals surface area (Å²) >= 11 is 6.24. The predicted octanol–water partition coefficient (Wildman–Crippen LogP) is 3.94. The average molecular weight is 307 g/mol. The third-order valence-corrected chi connectivity index (χ3v) is 3.86. The first-order chi connectivity index (χ1) is 10.1. The molecule has 0 amide bonds. The van der Waals surface area contributed by atoms with Gasteiger partial charge in [0, 0.05) is 18.1 Å². The molecule has 2 aromatic carbocycles. The third kappa shape index (κ3) is 3.49. The van der Waals surface area contributed by atoms with E-state index in [1.54, 1.807) is 26.4 Å². The lowest BCUT2D eigenvalue weighted by molar-refractivity contribution is 0.177. The topological polar surface area (TPSA) is 38.7 Å². The molecular weight excluding hydrogens is 288 g/mol. The summed E-state index contributed by atoms with van der Waals surface area (Å²) in [6.07, 6.45) is -0.194. The highest BCUT2D eigenvalue weighted by molar-refractivity contribution is 6.31. The van der Waals surface area contributed by atoms with Crippen molar-refractivity contribution in [1.29, 1.82) is 0 Å². The normalized spacial score (nSPS) is 12.0. The summed E-state index contributed by atoms with van der Waals surface area (Å²) in [6, 6.07) is 11.4. The maximum atomic E-state index is 10.5. The van der Waals surface area contributed by atoms with Crippen molar-refractivity contribution in [3.8, 4) is 11.5 Å². The number of ether oxygens (including phenoxy) is 2. The van der Waals surface area contributed by atoms with E-state index in [2.05, 4.69) is 0 Å². The van der Waals surface area contributed by atoms with Gasteiger partial charge in [0.2, 0.25) is 0 Å². The number of rotatable bonds is 5. The van der Waals surface area contributed by atoms with Crippen LogP contribution in [-0.4, -0.2) is 19.3 Å². The minimum absolute atomic E-state index is 0.466. The van der Waals surface area contributed by atoms with Crippen molar-refractivity contribution in [2.75, 3.05) is 14.2 Å². The highest BCUT2D eigenvalue weighted by atomic mass is 35.5. The molecule has 0 aromatic heterocycles. The molecule has 0 heterocycles. The molecule has 1 N–H and O–H groups in total. The van der Waals surface area contributed by atoms with Gasteiger partial charge in [0.1, 0.15) is 0 Å². The van der Waals surface area contributed by atoms with Crippen LogP contribution < -0.4 is 9.47 Å². The number of aryl methyl sites for hydroxylation is 1. The Kier molecular flexibility index (Phi) is 5.10. The van der Waals surface area contributed by atoms with Crippen molar-refractivity contribution in [1.82, 2.24) is 0 Å². The molecule has 0 aliphatic carbocycles. The van der Waals surface area contributed by atoms with E-state index < -0.39 is 6.10 Å². The molecular formula is C17H19ClO3. The molecule has 0 spiro atoms. The summed E-state index contributed by atoms with van der Waals surface area (Å²) in [5, 5.41) is 10.9. The molecule has 0 radical (unpaired) electrons. The number of hydrogen-bond acceptors (Lipinski definition) is 3. The molecule has 0 bridgehead atoms. The molecule has 1 atom stereocenters. The fourth-order valence-corrected chi connectivity index (χ4v) is 2.56. The summed E-state index contributed by atoms with van der Waals surface area (Å²) in [6.45, 7) is 2.03. The van der Waals surface area contributed by atoms with E-state index in [-0.39, 0.29) is 0 Å². The van der Waals surface area contributed by atoms with Crippen molar-refractivity contribution in [2.24, 2.45) is 0 Å². The van der Waals surface area contributed by atoms with Crippen molar-refractivity contribution in [2.45, 2.75) is 19.4 Å². The van der Waals surface area contributed by atoms with Crippen LogP contribution in [-0.2, 0) is 6.42 Å². The Morgan fingerprint density at radius 1 is 1.10 bits per heavy atom. The molecule has 0 saturated carbocycles. The van der Waals surface area contributed by atoms with Gasteiger partial charge in [0.15, 0.2) is 11.5 Å². The van der Waals surface area contributed by atoms with Gasteiger partial charge in [-0.2, -0.15) is 0 Å². The number of hydrogen-bond donors (Lipinski definition) is 1. The maximum absolute atomic E-state index is 10.5. The zero-order valence-corrected chi connectivity index (χ0v) is 13.1. The molecule has 21 heavy (non-hydrogen) atoms. The standard InChI is InChI=1S/C17H19ClO3/c1-11-6-4-5-7-12(11)8-15(19)13-9-16(20-2)17(21-3)10-14(13)18/h4-7,9-10,15,19H,8H2,1-3H3. The van der Waals surface area contributed by atoms with Gasteiger partial charge in [-0.3, -0.25) is 0 Å². The first-order valence-corrected chi connectivity index (χ1v) is 7.08. The number of benzene rings is 2. The molecule has 2 aromatic rings. The van der Waals surface area contributed by atoms with Crippen LogP contribution in [0.2, 0.25) is 5.02 Å². The molecule has 3 nitrogen and oxygen atoms in total. The van der Waals surface area contributed by atoms with E-state index in [4.69, 9.17) is 21.1 Å². The Morgan fingerprint density at radius 2 is 1.71 bits per heavy atom. The van der Waals surface area contributed by atoms with Crippen LogP contribution in [0.3, 0.4) is 0 Å². The van der Waals surface area contributed by atoms with Crippen molar-refractivity contribution >= 4 is 11.6 Å². The lowest BCUT2D eigenvalue weighted by Gasteiger charge is -2.17. The van der Waals surface area contributed by atoms with Crippen molar-refractivity contribution in [3.05, 3.63) is 58.1 Å². The minimum atomic E-state index is -0.696. The van der Waals surface area contributed by atoms with Gasteiger partial charge in [-0.25, -0.2) is 0 Å². The van der Waals surface area contributed by atoms with E-state index in [0.717, 1.165) is 11.1 Å². The lowest BCUT2D eigenvalue weighted by Crippen LogP contribution is -2.05. The summed E-state index contributed by atoms with van der Waals surface area (Å²) < 4.78 is 10.5. The van der Waals surface area contributed by atoms with Gasteiger partial charge >= 0.3 is 0 Å². The monoisotopic (exact) mass is 306 g/mol. The van der Waals surface area contributed by atoms with Gasteiger partial charge in [0.05, 0.1) is 25.3 Å². The van der Waals surface area contributed by atoms with E-state index in [1.807, 2.05) is 31.2 Å². The van der Waals surface area contributed by atoms with Crippen LogP contribution >= 0.6 is 11.6 Å². The van der Waals surface area contributed by atoms with E-state index >= 15 is 0 Å². The van der Waals surface area contributed by atoms with Crippen LogP contribution in [0.15, 0.2) is 36.4 Å². The largest absolute Gasteiger partial charge is 0.493 e. The third-order valence-electron chi connectivity index (χ3n) is 3.54. The van der Waals surface area contributed by atoms with E-state index in [1.165, 1.54) is 0 Å². The quantitative estimate of drug-likeness (QED) is 0.909. The Bertz CT molecular complexity index is 625. The van der Waals surface area contributed by atoms with Gasteiger partial charge in [-0.05, 0) is 24.1 Å². The Hall–Kier alpha value is -1.71. The molecule has 0 saturated heterocycles. The van der Waals surface area contributed by atoms with Crippen molar-refractivity contribution in [3.63, 3.8) is 0 Å². The van der Waals surface area contributed by atoms with Crippen molar-refractivity contribution < 1.29 is 14.6 Å². The maximum Gasteiger partial charge on any atom is 0.162 e. The second-order valence-electron chi connectivity index (χ2n) is 4.88. The van der Waals surface area contributed by atoms with Crippen LogP contribution in [0.25, 0.3) is 0 Å². The highest BCUT2D eigenvalue weighted by Gasteiger charge is 2.17. The van der Waals surface area contributed by atoms with Gasteiger partial charge in [-0.15, -0.1) is 0 Å². The number of methoxy groups -OCH3 is 2. The molecule has 4 heteroatoms. The number of halogens is 1. The van der Waals surface area contributed by atoms with Gasteiger partial charge in [0.25, 0.3) is 0 Å². The molecule has 0 aliphatic heterocycles. The molecule has 1 unspecified atom stereocenters. The lowest BCUT2D eigenvalue weighted by atomic mass is 9.98. The smallest absolute Gasteiger partial charge is 0.162 e. The SMILES string of the molecule is COc1cc(Cl)c(C(O)Cc2ccccc2C)cc1OC. The van der Waals surface area contributed by atoms with Crippen LogP contribution in [0.5, 0.6) is 11.5 Å². The summed E-state index contributed by atoms with van der Waals surface area (Å²) in [4.78, 5) is 0. The number of aliphatic hydroxyl groups is 1. The first kappa shape index (κ1) is 15.7. The van der Waals surface area contributed by atoms with Gasteiger partial charge in [-0.1, -0.05) is 35.9 Å². The summed E-state index contributed by atoms with van der Waals surface area (Å²) in [5.41, 5.74) is 2.88. The molecule has 0 fully saturated rings. The second-order valence-corrected chi connectivity index (χ2v) is 5.28. The van der Waals surface area contributed by atoms with E-state index in [9.17, 15) is 5.11 Å². The molecule has 2 rings (SSSR count). The molecule has 112 valence electrons. The summed E-state index contributed by atoms with van der Waals surface area (Å²) in [7, 11) is 3.11. The Balaban J connectivity index is 2.31. The zero-order chi connectivity index (χ0) is 15.4. The first-order valence-electron chi connectivity index (χ1n) is 6.70.